The van der Waals surface area contributed by atoms with Crippen molar-refractivity contribution < 1.29 is 9.53 Å². The van der Waals surface area contributed by atoms with Crippen LogP contribution in [0.15, 0.2) is 10.5 Å². The molecule has 0 saturated heterocycles. The SMILES string of the molecule is COC(=O)c1cc(I)c(Br)c(Cl)c1N. The van der Waals surface area contributed by atoms with Gasteiger partial charge in [0.25, 0.3) is 0 Å². The second-order valence-corrected chi connectivity index (χ2v) is 4.77. The molecule has 1 aromatic rings. The molecule has 0 amide bonds. The van der Waals surface area contributed by atoms with Gasteiger partial charge in [-0.1, -0.05) is 11.6 Å². The molecule has 0 unspecified atom stereocenters. The number of nitrogen functional groups attached to an aromatic ring is 1. The van der Waals surface area contributed by atoms with Gasteiger partial charge in [-0.05, 0) is 44.6 Å². The van der Waals surface area contributed by atoms with Crippen LogP contribution in [-0.2, 0) is 4.74 Å². The van der Waals surface area contributed by atoms with Crippen LogP contribution < -0.4 is 5.73 Å². The molecule has 6 heteroatoms. The Morgan fingerprint density at radius 1 is 1.71 bits per heavy atom. The Labute approximate surface area is 108 Å². The summed E-state index contributed by atoms with van der Waals surface area (Å²) in [4.78, 5) is 11.3. The Kier molecular flexibility index (Phi) is 4.03. The Morgan fingerprint density at radius 3 is 2.79 bits per heavy atom. The fourth-order valence-electron chi connectivity index (χ4n) is 0.888. The first kappa shape index (κ1) is 12.1. The summed E-state index contributed by atoms with van der Waals surface area (Å²) in [6.45, 7) is 0. The number of halogens is 3. The van der Waals surface area contributed by atoms with Crippen molar-refractivity contribution in [1.82, 2.24) is 0 Å². The zero-order valence-electron chi connectivity index (χ0n) is 7.11. The molecule has 14 heavy (non-hydrogen) atoms. The third-order valence-corrected chi connectivity index (χ3v) is 4.64. The lowest BCUT2D eigenvalue weighted by atomic mass is 10.2. The first-order valence-corrected chi connectivity index (χ1v) is 5.75. The lowest BCUT2D eigenvalue weighted by Gasteiger charge is -2.08. The molecule has 0 aliphatic carbocycles. The molecular formula is C8H6BrClINO2. The maximum absolute atomic E-state index is 11.3. The van der Waals surface area contributed by atoms with Crippen LogP contribution in [-0.4, -0.2) is 13.1 Å². The molecule has 0 aliphatic heterocycles. The summed E-state index contributed by atoms with van der Waals surface area (Å²) in [7, 11) is 1.30. The molecule has 0 aromatic heterocycles. The van der Waals surface area contributed by atoms with Gasteiger partial charge in [0, 0.05) is 3.57 Å². The summed E-state index contributed by atoms with van der Waals surface area (Å²) in [5.41, 5.74) is 6.17. The predicted octanol–water partition coefficient (Wildman–Crippen LogP) is 3.08. The largest absolute Gasteiger partial charge is 0.465 e. The van der Waals surface area contributed by atoms with Crippen LogP contribution in [0.1, 0.15) is 10.4 Å². The van der Waals surface area contributed by atoms with Gasteiger partial charge < -0.3 is 10.5 Å². The zero-order valence-corrected chi connectivity index (χ0v) is 11.6. The number of carbonyl (C=O) groups excluding carboxylic acids is 1. The molecule has 76 valence electrons. The molecule has 0 saturated carbocycles. The average Bonchev–Trinajstić information content (AvgIpc) is 2.19. The number of anilines is 1. The van der Waals surface area contributed by atoms with Gasteiger partial charge in [0.2, 0.25) is 0 Å². The van der Waals surface area contributed by atoms with Crippen molar-refractivity contribution in [3.63, 3.8) is 0 Å². The molecule has 0 heterocycles. The van der Waals surface area contributed by atoms with Crippen LogP contribution in [0.4, 0.5) is 5.69 Å². The third kappa shape index (κ3) is 2.14. The number of hydrogen-bond donors (Lipinski definition) is 1. The summed E-state index contributed by atoms with van der Waals surface area (Å²) in [6, 6.07) is 1.62. The first-order chi connectivity index (χ1) is 6.49. The van der Waals surface area contributed by atoms with E-state index in [2.05, 4.69) is 20.7 Å². The summed E-state index contributed by atoms with van der Waals surface area (Å²) in [6.07, 6.45) is 0. The van der Waals surface area contributed by atoms with E-state index in [0.717, 1.165) is 3.57 Å². The van der Waals surface area contributed by atoms with Crippen LogP contribution >= 0.6 is 50.1 Å². The molecule has 1 rings (SSSR count). The van der Waals surface area contributed by atoms with Crippen molar-refractivity contribution in [1.29, 1.82) is 0 Å². The van der Waals surface area contributed by atoms with E-state index in [1.807, 2.05) is 22.6 Å². The average molecular weight is 390 g/mol. The maximum atomic E-state index is 11.3. The first-order valence-electron chi connectivity index (χ1n) is 3.50. The van der Waals surface area contributed by atoms with Gasteiger partial charge in [-0.3, -0.25) is 0 Å². The Bertz CT molecular complexity index is 397. The van der Waals surface area contributed by atoms with E-state index in [9.17, 15) is 4.79 Å². The second kappa shape index (κ2) is 4.67. The maximum Gasteiger partial charge on any atom is 0.340 e. The van der Waals surface area contributed by atoms with Crippen molar-refractivity contribution in [3.8, 4) is 0 Å². The highest BCUT2D eigenvalue weighted by Gasteiger charge is 2.17. The van der Waals surface area contributed by atoms with Crippen molar-refractivity contribution >= 4 is 61.8 Å². The predicted molar refractivity (Wildman–Crippen MR) is 67.6 cm³/mol. The lowest BCUT2D eigenvalue weighted by molar-refractivity contribution is 0.0602. The molecule has 0 fully saturated rings. The quantitative estimate of drug-likeness (QED) is 0.347. The van der Waals surface area contributed by atoms with Gasteiger partial charge >= 0.3 is 5.97 Å². The minimum absolute atomic E-state index is 0.228. The number of carbonyl (C=O) groups is 1. The molecule has 1 aromatic carbocycles. The van der Waals surface area contributed by atoms with Crippen LogP contribution in [0.25, 0.3) is 0 Å². The summed E-state index contributed by atoms with van der Waals surface area (Å²) in [5, 5.41) is 0.331. The van der Waals surface area contributed by atoms with E-state index in [-0.39, 0.29) is 11.3 Å². The number of hydrogen-bond acceptors (Lipinski definition) is 3. The van der Waals surface area contributed by atoms with E-state index in [0.29, 0.717) is 9.50 Å². The minimum Gasteiger partial charge on any atom is -0.465 e. The van der Waals surface area contributed by atoms with Crippen molar-refractivity contribution in [2.24, 2.45) is 0 Å². The van der Waals surface area contributed by atoms with Gasteiger partial charge in [-0.25, -0.2) is 4.79 Å². The van der Waals surface area contributed by atoms with Gasteiger partial charge in [0.1, 0.15) is 0 Å². The Hall–Kier alpha value is -0.0100. The van der Waals surface area contributed by atoms with Gasteiger partial charge in [-0.2, -0.15) is 0 Å². The van der Waals surface area contributed by atoms with Gasteiger partial charge in [0.15, 0.2) is 0 Å². The fourth-order valence-corrected chi connectivity index (χ4v) is 2.16. The smallest absolute Gasteiger partial charge is 0.340 e. The minimum atomic E-state index is -0.491. The van der Waals surface area contributed by atoms with E-state index >= 15 is 0 Å². The number of rotatable bonds is 1. The van der Waals surface area contributed by atoms with Crippen LogP contribution in [0, 0.1) is 3.57 Å². The molecule has 0 radical (unpaired) electrons. The second-order valence-electron chi connectivity index (χ2n) is 2.44. The number of nitrogens with two attached hydrogens (primary N) is 1. The zero-order chi connectivity index (χ0) is 10.9. The standard InChI is InChI=1S/C8H6BrClINO2/c1-14-8(13)3-2-4(11)5(9)6(10)7(3)12/h2H,12H2,1H3. The normalized spacial score (nSPS) is 10.0. The molecule has 0 bridgehead atoms. The van der Waals surface area contributed by atoms with Gasteiger partial charge in [0.05, 0.1) is 27.9 Å². The molecule has 0 atom stereocenters. The Balaban J connectivity index is 3.40. The lowest BCUT2D eigenvalue weighted by Crippen LogP contribution is -2.07. The molecular weight excluding hydrogens is 384 g/mol. The molecule has 0 aliphatic rings. The van der Waals surface area contributed by atoms with Crippen LogP contribution in [0.5, 0.6) is 0 Å². The van der Waals surface area contributed by atoms with Crippen molar-refractivity contribution in [2.75, 3.05) is 12.8 Å². The van der Waals surface area contributed by atoms with Gasteiger partial charge in [-0.15, -0.1) is 0 Å². The summed E-state index contributed by atoms with van der Waals surface area (Å²) in [5.74, 6) is -0.491. The van der Waals surface area contributed by atoms with E-state index in [1.165, 1.54) is 7.11 Å². The summed E-state index contributed by atoms with van der Waals surface area (Å²) >= 11 is 11.2. The van der Waals surface area contributed by atoms with E-state index in [1.54, 1.807) is 6.07 Å². The fraction of sp³-hybridized carbons (Fsp3) is 0.125. The highest BCUT2D eigenvalue weighted by molar-refractivity contribution is 14.1. The topological polar surface area (TPSA) is 52.3 Å². The van der Waals surface area contributed by atoms with Crippen molar-refractivity contribution in [2.45, 2.75) is 0 Å². The molecule has 2 N–H and O–H groups in total. The highest BCUT2D eigenvalue weighted by atomic mass is 127. The number of ether oxygens (including phenoxy) is 1. The Morgan fingerprint density at radius 2 is 2.29 bits per heavy atom. The number of esters is 1. The van der Waals surface area contributed by atoms with E-state index < -0.39 is 5.97 Å². The van der Waals surface area contributed by atoms with E-state index in [4.69, 9.17) is 17.3 Å². The number of methoxy groups -OCH3 is 1. The monoisotopic (exact) mass is 389 g/mol. The number of benzene rings is 1. The highest BCUT2D eigenvalue weighted by Crippen LogP contribution is 2.35. The molecule has 0 spiro atoms. The van der Waals surface area contributed by atoms with Crippen molar-refractivity contribution in [3.05, 3.63) is 24.7 Å². The third-order valence-electron chi connectivity index (χ3n) is 1.61. The van der Waals surface area contributed by atoms with Crippen LogP contribution in [0.3, 0.4) is 0 Å². The molecule has 3 nitrogen and oxygen atoms in total. The summed E-state index contributed by atoms with van der Waals surface area (Å²) < 4.78 is 6.06. The van der Waals surface area contributed by atoms with Crippen LogP contribution in [0.2, 0.25) is 5.02 Å².